The van der Waals surface area contributed by atoms with Gasteiger partial charge in [-0.1, -0.05) is 0 Å². The SMILES string of the molecule is COCCN(C(=O)c1cc(F)ccc1S(=O)(=O)Cl)C(C)C. The zero-order chi connectivity index (χ0) is 16.2. The molecule has 1 rings (SSSR count). The van der Waals surface area contributed by atoms with Crippen LogP contribution in [0.4, 0.5) is 4.39 Å². The Morgan fingerprint density at radius 1 is 1.43 bits per heavy atom. The maximum absolute atomic E-state index is 13.4. The summed E-state index contributed by atoms with van der Waals surface area (Å²) in [5, 5.41) is 0. The van der Waals surface area contributed by atoms with Crippen LogP contribution >= 0.6 is 10.7 Å². The van der Waals surface area contributed by atoms with Crippen LogP contribution in [0.25, 0.3) is 0 Å². The van der Waals surface area contributed by atoms with Gasteiger partial charge in [-0.15, -0.1) is 0 Å². The largest absolute Gasteiger partial charge is 0.383 e. The van der Waals surface area contributed by atoms with Gasteiger partial charge >= 0.3 is 0 Å². The Morgan fingerprint density at radius 2 is 2.05 bits per heavy atom. The summed E-state index contributed by atoms with van der Waals surface area (Å²) in [4.78, 5) is 13.5. The van der Waals surface area contributed by atoms with Crippen molar-refractivity contribution in [1.29, 1.82) is 0 Å². The molecule has 118 valence electrons. The Hall–Kier alpha value is -1.18. The number of amides is 1. The quantitative estimate of drug-likeness (QED) is 0.747. The molecule has 1 aromatic carbocycles. The second-order valence-electron chi connectivity index (χ2n) is 4.66. The number of carbonyl (C=O) groups is 1. The maximum Gasteiger partial charge on any atom is 0.262 e. The topological polar surface area (TPSA) is 63.7 Å². The van der Waals surface area contributed by atoms with Crippen LogP contribution in [0.2, 0.25) is 0 Å². The summed E-state index contributed by atoms with van der Waals surface area (Å²) in [6.45, 7) is 4.07. The number of nitrogens with zero attached hydrogens (tertiary/aromatic N) is 1. The van der Waals surface area contributed by atoms with Crippen molar-refractivity contribution >= 4 is 25.6 Å². The first kappa shape index (κ1) is 17.9. The highest BCUT2D eigenvalue weighted by atomic mass is 35.7. The molecule has 0 N–H and O–H groups in total. The van der Waals surface area contributed by atoms with Gasteiger partial charge in [-0.25, -0.2) is 12.8 Å². The van der Waals surface area contributed by atoms with E-state index in [1.165, 1.54) is 12.0 Å². The van der Waals surface area contributed by atoms with E-state index in [2.05, 4.69) is 0 Å². The fraction of sp³-hybridized carbons (Fsp3) is 0.462. The molecule has 0 saturated carbocycles. The van der Waals surface area contributed by atoms with E-state index in [1.807, 2.05) is 0 Å². The number of methoxy groups -OCH3 is 1. The molecule has 0 aromatic heterocycles. The minimum atomic E-state index is -4.15. The summed E-state index contributed by atoms with van der Waals surface area (Å²) in [5.41, 5.74) is -0.283. The van der Waals surface area contributed by atoms with E-state index in [0.29, 0.717) is 0 Å². The van der Waals surface area contributed by atoms with Crippen molar-refractivity contribution in [2.45, 2.75) is 24.8 Å². The molecule has 8 heteroatoms. The molecule has 1 amide bonds. The van der Waals surface area contributed by atoms with E-state index in [0.717, 1.165) is 18.2 Å². The van der Waals surface area contributed by atoms with Crippen molar-refractivity contribution in [3.63, 3.8) is 0 Å². The predicted molar refractivity (Wildman–Crippen MR) is 77.5 cm³/mol. The molecular weight excluding hydrogens is 321 g/mol. The third kappa shape index (κ3) is 4.66. The Labute approximate surface area is 128 Å². The van der Waals surface area contributed by atoms with Crippen molar-refractivity contribution < 1.29 is 22.3 Å². The van der Waals surface area contributed by atoms with Crippen LogP contribution < -0.4 is 0 Å². The summed E-state index contributed by atoms with van der Waals surface area (Å²) < 4.78 is 41.3. The standard InChI is InChI=1S/C13H17ClFNO4S/c1-9(2)16(6-7-20-3)13(17)11-8-10(15)4-5-12(11)21(14,18)19/h4-5,8-9H,6-7H2,1-3H3. The highest BCUT2D eigenvalue weighted by molar-refractivity contribution is 8.13. The number of ether oxygens (including phenoxy) is 1. The van der Waals surface area contributed by atoms with Gasteiger partial charge in [0.15, 0.2) is 0 Å². The average molecular weight is 338 g/mol. The molecule has 0 aliphatic carbocycles. The van der Waals surface area contributed by atoms with Crippen LogP contribution in [-0.2, 0) is 13.8 Å². The zero-order valence-electron chi connectivity index (χ0n) is 12.0. The molecule has 21 heavy (non-hydrogen) atoms. The Kier molecular flexibility index (Phi) is 6.12. The van der Waals surface area contributed by atoms with E-state index in [9.17, 15) is 17.6 Å². The summed E-state index contributed by atoms with van der Waals surface area (Å²) in [5.74, 6) is -1.32. The summed E-state index contributed by atoms with van der Waals surface area (Å²) in [6.07, 6.45) is 0. The lowest BCUT2D eigenvalue weighted by Gasteiger charge is -2.27. The maximum atomic E-state index is 13.4. The summed E-state index contributed by atoms with van der Waals surface area (Å²) >= 11 is 0. The lowest BCUT2D eigenvalue weighted by molar-refractivity contribution is 0.0630. The van der Waals surface area contributed by atoms with Gasteiger partial charge in [0, 0.05) is 30.4 Å². The minimum absolute atomic E-state index is 0.207. The molecule has 5 nitrogen and oxygen atoms in total. The number of rotatable bonds is 6. The molecule has 0 aliphatic heterocycles. The number of benzene rings is 1. The first-order valence-electron chi connectivity index (χ1n) is 6.22. The third-order valence-electron chi connectivity index (χ3n) is 2.86. The fourth-order valence-corrected chi connectivity index (χ4v) is 2.86. The van der Waals surface area contributed by atoms with Crippen molar-refractivity contribution in [2.24, 2.45) is 0 Å². The molecular formula is C13H17ClFNO4S. The monoisotopic (exact) mass is 337 g/mol. The lowest BCUT2D eigenvalue weighted by Crippen LogP contribution is -2.39. The van der Waals surface area contributed by atoms with Crippen molar-refractivity contribution in [3.05, 3.63) is 29.6 Å². The van der Waals surface area contributed by atoms with Gasteiger partial charge in [-0.05, 0) is 32.0 Å². The third-order valence-corrected chi connectivity index (χ3v) is 4.24. The van der Waals surface area contributed by atoms with Crippen LogP contribution in [0.15, 0.2) is 23.1 Å². The molecule has 0 radical (unpaired) electrons. The molecule has 0 unspecified atom stereocenters. The Bertz CT molecular complexity index is 619. The molecule has 0 aliphatic rings. The van der Waals surface area contributed by atoms with Gasteiger partial charge in [-0.2, -0.15) is 0 Å². The molecule has 0 fully saturated rings. The molecule has 0 heterocycles. The average Bonchev–Trinajstić information content (AvgIpc) is 2.37. The highest BCUT2D eigenvalue weighted by Gasteiger charge is 2.26. The van der Waals surface area contributed by atoms with E-state index < -0.39 is 25.7 Å². The zero-order valence-corrected chi connectivity index (χ0v) is 13.5. The van der Waals surface area contributed by atoms with Gasteiger partial charge in [0.25, 0.3) is 15.0 Å². The number of halogens is 2. The second-order valence-corrected chi connectivity index (χ2v) is 7.20. The first-order valence-corrected chi connectivity index (χ1v) is 8.53. The van der Waals surface area contributed by atoms with E-state index in [4.69, 9.17) is 15.4 Å². The van der Waals surface area contributed by atoms with Gasteiger partial charge in [-0.3, -0.25) is 4.79 Å². The Morgan fingerprint density at radius 3 is 2.52 bits per heavy atom. The van der Waals surface area contributed by atoms with E-state index in [-0.39, 0.29) is 24.8 Å². The molecule has 1 aromatic rings. The van der Waals surface area contributed by atoms with Gasteiger partial charge < -0.3 is 9.64 Å². The highest BCUT2D eigenvalue weighted by Crippen LogP contribution is 2.23. The fourth-order valence-electron chi connectivity index (χ4n) is 1.82. The smallest absolute Gasteiger partial charge is 0.262 e. The number of carbonyl (C=O) groups excluding carboxylic acids is 1. The summed E-state index contributed by atoms with van der Waals surface area (Å²) in [6, 6.07) is 2.60. The van der Waals surface area contributed by atoms with E-state index in [1.54, 1.807) is 13.8 Å². The predicted octanol–water partition coefficient (Wildman–Crippen LogP) is 2.25. The number of hydrogen-bond donors (Lipinski definition) is 0. The Balaban J connectivity index is 3.30. The van der Waals surface area contributed by atoms with Gasteiger partial charge in [0.2, 0.25) is 0 Å². The van der Waals surface area contributed by atoms with Crippen LogP contribution in [0.5, 0.6) is 0 Å². The molecule has 0 atom stereocenters. The normalized spacial score (nSPS) is 11.7. The van der Waals surface area contributed by atoms with Crippen LogP contribution in [0.1, 0.15) is 24.2 Å². The molecule has 0 bridgehead atoms. The van der Waals surface area contributed by atoms with Gasteiger partial charge in [0.05, 0.1) is 17.1 Å². The van der Waals surface area contributed by atoms with Crippen LogP contribution in [-0.4, -0.2) is 45.5 Å². The second kappa shape index (κ2) is 7.20. The van der Waals surface area contributed by atoms with Crippen LogP contribution in [0.3, 0.4) is 0 Å². The molecule has 0 saturated heterocycles. The first-order chi connectivity index (χ1) is 9.68. The van der Waals surface area contributed by atoms with Crippen molar-refractivity contribution in [1.82, 2.24) is 4.90 Å². The minimum Gasteiger partial charge on any atom is -0.383 e. The van der Waals surface area contributed by atoms with Crippen molar-refractivity contribution in [3.8, 4) is 0 Å². The van der Waals surface area contributed by atoms with E-state index >= 15 is 0 Å². The summed E-state index contributed by atoms with van der Waals surface area (Å²) in [7, 11) is 2.64. The van der Waals surface area contributed by atoms with Crippen LogP contribution in [0, 0.1) is 5.82 Å². The molecule has 0 spiro atoms. The lowest BCUT2D eigenvalue weighted by atomic mass is 10.1. The number of hydrogen-bond acceptors (Lipinski definition) is 4. The van der Waals surface area contributed by atoms with Gasteiger partial charge in [0.1, 0.15) is 5.82 Å². The van der Waals surface area contributed by atoms with Crippen molar-refractivity contribution in [2.75, 3.05) is 20.3 Å².